The molecule has 3 amide bonds. The SMILES string of the molecule is C=CCNC(=O)NC(CC(C)C)C(=O)N1CCC(CO)CC1. The zero-order valence-corrected chi connectivity index (χ0v) is 13.7. The van der Waals surface area contributed by atoms with Crippen molar-refractivity contribution >= 4 is 11.9 Å². The van der Waals surface area contributed by atoms with Crippen molar-refractivity contribution in [2.45, 2.75) is 39.2 Å². The van der Waals surface area contributed by atoms with Gasteiger partial charge in [-0.3, -0.25) is 4.79 Å². The first kappa shape index (κ1) is 18.5. The lowest BCUT2D eigenvalue weighted by Crippen LogP contribution is -2.53. The van der Waals surface area contributed by atoms with E-state index in [1.54, 1.807) is 11.0 Å². The predicted octanol–water partition coefficient (Wildman–Crippen LogP) is 1.12. The summed E-state index contributed by atoms with van der Waals surface area (Å²) in [6.45, 7) is 9.45. The smallest absolute Gasteiger partial charge is 0.315 e. The molecule has 1 saturated heterocycles. The largest absolute Gasteiger partial charge is 0.396 e. The third kappa shape index (κ3) is 6.05. The molecule has 1 rings (SSSR count). The van der Waals surface area contributed by atoms with Crippen LogP contribution in [0, 0.1) is 11.8 Å². The Morgan fingerprint density at radius 3 is 2.50 bits per heavy atom. The molecule has 0 radical (unpaired) electrons. The lowest BCUT2D eigenvalue weighted by molar-refractivity contribution is -0.135. The van der Waals surface area contributed by atoms with Crippen LogP contribution in [0.5, 0.6) is 0 Å². The van der Waals surface area contributed by atoms with E-state index in [1.807, 2.05) is 13.8 Å². The Morgan fingerprint density at radius 2 is 2.00 bits per heavy atom. The number of amides is 3. The minimum atomic E-state index is -0.504. The van der Waals surface area contributed by atoms with Crippen molar-refractivity contribution in [3.8, 4) is 0 Å². The highest BCUT2D eigenvalue weighted by Crippen LogP contribution is 2.18. The van der Waals surface area contributed by atoms with Crippen LogP contribution in [0.25, 0.3) is 0 Å². The Bertz CT molecular complexity index is 377. The summed E-state index contributed by atoms with van der Waals surface area (Å²) in [5.41, 5.74) is 0. The maximum absolute atomic E-state index is 12.6. The van der Waals surface area contributed by atoms with E-state index in [9.17, 15) is 9.59 Å². The molecule has 0 aromatic heterocycles. The molecule has 0 aromatic carbocycles. The van der Waals surface area contributed by atoms with E-state index in [0.29, 0.717) is 32.0 Å². The molecule has 6 heteroatoms. The molecule has 1 heterocycles. The number of carbonyl (C=O) groups excluding carboxylic acids is 2. The van der Waals surface area contributed by atoms with E-state index in [0.717, 1.165) is 12.8 Å². The van der Waals surface area contributed by atoms with Crippen LogP contribution >= 0.6 is 0 Å². The highest BCUT2D eigenvalue weighted by atomic mass is 16.3. The Kier molecular flexibility index (Phi) is 7.95. The number of aliphatic hydroxyl groups is 1. The van der Waals surface area contributed by atoms with Gasteiger partial charge in [-0.2, -0.15) is 0 Å². The number of piperidine rings is 1. The zero-order chi connectivity index (χ0) is 16.5. The van der Waals surface area contributed by atoms with Crippen LogP contribution in [-0.2, 0) is 4.79 Å². The molecule has 0 saturated carbocycles. The van der Waals surface area contributed by atoms with E-state index < -0.39 is 6.04 Å². The molecule has 1 atom stereocenters. The first-order valence-corrected chi connectivity index (χ1v) is 8.02. The van der Waals surface area contributed by atoms with Gasteiger partial charge >= 0.3 is 6.03 Å². The second-order valence-corrected chi connectivity index (χ2v) is 6.28. The number of aliphatic hydroxyl groups excluding tert-OH is 1. The van der Waals surface area contributed by atoms with Crippen molar-refractivity contribution < 1.29 is 14.7 Å². The summed E-state index contributed by atoms with van der Waals surface area (Å²) < 4.78 is 0. The third-order valence-electron chi connectivity index (χ3n) is 3.90. The van der Waals surface area contributed by atoms with E-state index in [4.69, 9.17) is 5.11 Å². The molecule has 1 unspecified atom stereocenters. The average molecular weight is 311 g/mol. The number of urea groups is 1. The summed E-state index contributed by atoms with van der Waals surface area (Å²) in [4.78, 5) is 26.2. The Hall–Kier alpha value is -1.56. The first-order chi connectivity index (χ1) is 10.5. The summed E-state index contributed by atoms with van der Waals surface area (Å²) in [5.74, 6) is 0.568. The molecule has 0 aromatic rings. The van der Waals surface area contributed by atoms with Crippen LogP contribution in [0.2, 0.25) is 0 Å². The van der Waals surface area contributed by atoms with Crippen molar-refractivity contribution in [1.82, 2.24) is 15.5 Å². The summed E-state index contributed by atoms with van der Waals surface area (Å²) >= 11 is 0. The quantitative estimate of drug-likeness (QED) is 0.616. The Balaban J connectivity index is 2.60. The molecule has 1 aliphatic heterocycles. The van der Waals surface area contributed by atoms with Crippen LogP contribution in [0.15, 0.2) is 12.7 Å². The average Bonchev–Trinajstić information content (AvgIpc) is 2.51. The highest BCUT2D eigenvalue weighted by Gasteiger charge is 2.29. The van der Waals surface area contributed by atoms with Crippen molar-refractivity contribution in [1.29, 1.82) is 0 Å². The van der Waals surface area contributed by atoms with Crippen molar-refractivity contribution in [2.24, 2.45) is 11.8 Å². The molecule has 0 spiro atoms. The molecule has 22 heavy (non-hydrogen) atoms. The van der Waals surface area contributed by atoms with Gasteiger partial charge in [0.15, 0.2) is 0 Å². The number of rotatable bonds is 7. The number of likely N-dealkylation sites (tertiary alicyclic amines) is 1. The number of hydrogen-bond acceptors (Lipinski definition) is 3. The molecule has 126 valence electrons. The van der Waals surface area contributed by atoms with Crippen molar-refractivity contribution in [2.75, 3.05) is 26.2 Å². The molecule has 0 aliphatic carbocycles. The van der Waals surface area contributed by atoms with Crippen LogP contribution in [-0.4, -0.2) is 54.2 Å². The van der Waals surface area contributed by atoms with Gasteiger partial charge in [-0.05, 0) is 31.1 Å². The normalized spacial score (nSPS) is 17.2. The van der Waals surface area contributed by atoms with Gasteiger partial charge in [0.1, 0.15) is 6.04 Å². The van der Waals surface area contributed by atoms with Crippen molar-refractivity contribution in [3.05, 3.63) is 12.7 Å². The van der Waals surface area contributed by atoms with Crippen molar-refractivity contribution in [3.63, 3.8) is 0 Å². The fourth-order valence-electron chi connectivity index (χ4n) is 2.62. The molecule has 3 N–H and O–H groups in total. The van der Waals surface area contributed by atoms with E-state index >= 15 is 0 Å². The molecule has 1 aliphatic rings. The van der Waals surface area contributed by atoms with E-state index in [2.05, 4.69) is 17.2 Å². The number of nitrogens with one attached hydrogen (secondary N) is 2. The van der Waals surface area contributed by atoms with Gasteiger partial charge in [0.2, 0.25) is 5.91 Å². The number of nitrogens with zero attached hydrogens (tertiary/aromatic N) is 1. The minimum Gasteiger partial charge on any atom is -0.396 e. The third-order valence-corrected chi connectivity index (χ3v) is 3.90. The molecule has 0 bridgehead atoms. The summed E-state index contributed by atoms with van der Waals surface area (Å²) in [6.07, 6.45) is 3.84. The molecular weight excluding hydrogens is 282 g/mol. The van der Waals surface area contributed by atoms with Crippen LogP contribution in [0.1, 0.15) is 33.1 Å². The highest BCUT2D eigenvalue weighted by molar-refractivity contribution is 5.87. The predicted molar refractivity (Wildman–Crippen MR) is 86.4 cm³/mol. The van der Waals surface area contributed by atoms with Gasteiger partial charge < -0.3 is 20.6 Å². The maximum atomic E-state index is 12.6. The maximum Gasteiger partial charge on any atom is 0.315 e. The monoisotopic (exact) mass is 311 g/mol. The van der Waals surface area contributed by atoms with E-state index in [1.165, 1.54) is 0 Å². The lowest BCUT2D eigenvalue weighted by Gasteiger charge is -2.34. The Morgan fingerprint density at radius 1 is 1.36 bits per heavy atom. The van der Waals surface area contributed by atoms with Gasteiger partial charge in [0, 0.05) is 26.2 Å². The topological polar surface area (TPSA) is 81.7 Å². The lowest BCUT2D eigenvalue weighted by atomic mass is 9.96. The van der Waals surface area contributed by atoms with Crippen LogP contribution in [0.3, 0.4) is 0 Å². The van der Waals surface area contributed by atoms with Gasteiger partial charge in [0.25, 0.3) is 0 Å². The standard InChI is InChI=1S/C16H29N3O3/c1-4-7-17-16(22)18-14(10-12(2)3)15(21)19-8-5-13(11-20)6-9-19/h4,12-14,20H,1,5-11H2,2-3H3,(H2,17,18,22). The van der Waals surface area contributed by atoms with E-state index in [-0.39, 0.29) is 24.5 Å². The van der Waals surface area contributed by atoms with Gasteiger partial charge in [-0.25, -0.2) is 4.79 Å². The minimum absolute atomic E-state index is 0.0288. The second kappa shape index (κ2) is 9.46. The van der Waals surface area contributed by atoms with Crippen LogP contribution < -0.4 is 10.6 Å². The fourth-order valence-corrected chi connectivity index (χ4v) is 2.62. The molecule has 1 fully saturated rings. The summed E-state index contributed by atoms with van der Waals surface area (Å²) in [5, 5.41) is 14.6. The fraction of sp³-hybridized carbons (Fsp3) is 0.750. The molecular formula is C16H29N3O3. The van der Waals surface area contributed by atoms with Gasteiger partial charge in [-0.1, -0.05) is 19.9 Å². The van der Waals surface area contributed by atoms with Crippen LogP contribution in [0.4, 0.5) is 4.79 Å². The second-order valence-electron chi connectivity index (χ2n) is 6.28. The van der Waals surface area contributed by atoms with Gasteiger partial charge in [0.05, 0.1) is 0 Å². The first-order valence-electron chi connectivity index (χ1n) is 8.02. The molecule has 6 nitrogen and oxygen atoms in total. The summed E-state index contributed by atoms with van der Waals surface area (Å²) in [6, 6.07) is -0.848. The number of hydrogen-bond donors (Lipinski definition) is 3. The summed E-state index contributed by atoms with van der Waals surface area (Å²) in [7, 11) is 0. The zero-order valence-electron chi connectivity index (χ0n) is 13.7. The Labute approximate surface area is 132 Å². The van der Waals surface area contributed by atoms with Gasteiger partial charge in [-0.15, -0.1) is 6.58 Å². The number of carbonyl (C=O) groups is 2.